The monoisotopic (exact) mass is 625 g/mol. The van der Waals surface area contributed by atoms with Crippen LogP contribution in [0.5, 0.6) is 5.75 Å². The molecule has 0 N–H and O–H groups in total. The van der Waals surface area contributed by atoms with E-state index in [0.29, 0.717) is 5.56 Å². The minimum atomic E-state index is -1.10. The lowest BCUT2D eigenvalue weighted by atomic mass is 9.71. The standard InChI is InChI=1S/C41H28FN5O/c1-4-40(5-2)33-13-9-8-12-31(33)35-29-10-6-7-11-30(29)37-32(36(35)40)22-23-41(48-37,27-18-20-28(42)21-19-27)26-16-14-25(15-17-26)38-45-34(24-43)46-39(44-3)47-38/h6-23H,4-5H2,1-2H3. The lowest BCUT2D eigenvalue weighted by molar-refractivity contribution is 0.163. The number of nitriles is 1. The van der Waals surface area contributed by atoms with Crippen LogP contribution in [0.3, 0.4) is 0 Å². The molecule has 1 unspecified atom stereocenters. The van der Waals surface area contributed by atoms with Crippen molar-refractivity contribution < 1.29 is 9.13 Å². The number of halogens is 1. The fraction of sp³-hybridized carbons (Fsp3) is 0.146. The molecular weight excluding hydrogens is 597 g/mol. The van der Waals surface area contributed by atoms with Crippen molar-refractivity contribution in [2.75, 3.05) is 0 Å². The zero-order valence-electron chi connectivity index (χ0n) is 26.3. The summed E-state index contributed by atoms with van der Waals surface area (Å²) in [5.74, 6) is 0.425. The average molecular weight is 626 g/mol. The molecule has 48 heavy (non-hydrogen) atoms. The first-order chi connectivity index (χ1) is 23.5. The van der Waals surface area contributed by atoms with Gasteiger partial charge in [0, 0.05) is 33.1 Å². The summed E-state index contributed by atoms with van der Waals surface area (Å²) in [4.78, 5) is 15.6. The van der Waals surface area contributed by atoms with E-state index in [1.165, 1.54) is 34.4 Å². The lowest BCUT2D eigenvalue weighted by Gasteiger charge is -2.39. The number of ether oxygens (including phenoxy) is 1. The molecule has 0 saturated carbocycles. The quantitative estimate of drug-likeness (QED) is 0.178. The topological polar surface area (TPSA) is 76.0 Å². The van der Waals surface area contributed by atoms with Crippen LogP contribution in [0.2, 0.25) is 0 Å². The first-order valence-electron chi connectivity index (χ1n) is 15.9. The Bertz CT molecular complexity index is 2350. The van der Waals surface area contributed by atoms with Crippen LogP contribution in [-0.2, 0) is 11.0 Å². The molecule has 0 bridgehead atoms. The van der Waals surface area contributed by atoms with E-state index in [2.05, 4.69) is 88.3 Å². The minimum Gasteiger partial charge on any atom is -0.472 e. The van der Waals surface area contributed by atoms with Crippen LogP contribution >= 0.6 is 0 Å². The van der Waals surface area contributed by atoms with E-state index in [4.69, 9.17) is 11.3 Å². The van der Waals surface area contributed by atoms with Crippen molar-refractivity contribution in [2.24, 2.45) is 0 Å². The fourth-order valence-electron chi connectivity index (χ4n) is 7.74. The highest BCUT2D eigenvalue weighted by molar-refractivity contribution is 6.08. The first-order valence-corrected chi connectivity index (χ1v) is 15.9. The van der Waals surface area contributed by atoms with E-state index in [9.17, 15) is 9.65 Å². The Morgan fingerprint density at radius 2 is 1.50 bits per heavy atom. The predicted molar refractivity (Wildman–Crippen MR) is 184 cm³/mol. The maximum Gasteiger partial charge on any atom is 0.376 e. The Morgan fingerprint density at radius 3 is 2.19 bits per heavy atom. The predicted octanol–water partition coefficient (Wildman–Crippen LogP) is 9.69. The molecule has 0 amide bonds. The largest absolute Gasteiger partial charge is 0.472 e. The normalized spacial score (nSPS) is 16.7. The van der Waals surface area contributed by atoms with Gasteiger partial charge in [-0.3, -0.25) is 0 Å². The van der Waals surface area contributed by atoms with Crippen LogP contribution < -0.4 is 4.74 Å². The molecule has 5 aromatic carbocycles. The van der Waals surface area contributed by atoms with Gasteiger partial charge in [0.05, 0.1) is 0 Å². The maximum atomic E-state index is 14.3. The van der Waals surface area contributed by atoms with Crippen LogP contribution in [-0.4, -0.2) is 15.0 Å². The number of aromatic nitrogens is 3. The van der Waals surface area contributed by atoms with Gasteiger partial charge in [0.25, 0.3) is 5.82 Å². The van der Waals surface area contributed by atoms with Gasteiger partial charge in [0.15, 0.2) is 11.7 Å². The summed E-state index contributed by atoms with van der Waals surface area (Å²) >= 11 is 0. The zero-order chi connectivity index (χ0) is 33.0. The molecule has 2 aliphatic rings. The summed E-state index contributed by atoms with van der Waals surface area (Å²) in [7, 11) is 0. The van der Waals surface area contributed by atoms with Crippen molar-refractivity contribution in [3.63, 3.8) is 0 Å². The molecule has 1 aliphatic carbocycles. The molecule has 2 heterocycles. The molecule has 1 atom stereocenters. The van der Waals surface area contributed by atoms with Crippen molar-refractivity contribution in [1.29, 1.82) is 5.26 Å². The highest BCUT2D eigenvalue weighted by Crippen LogP contribution is 2.60. The molecular formula is C41H28FN5O. The Morgan fingerprint density at radius 1 is 0.833 bits per heavy atom. The fourth-order valence-corrected chi connectivity index (χ4v) is 7.74. The minimum absolute atomic E-state index is 0.121. The van der Waals surface area contributed by atoms with Gasteiger partial charge in [-0.1, -0.05) is 92.7 Å². The van der Waals surface area contributed by atoms with Gasteiger partial charge < -0.3 is 9.58 Å². The Hall–Kier alpha value is -6.18. The molecule has 0 spiro atoms. The molecule has 0 fully saturated rings. The number of rotatable bonds is 5. The third-order valence-corrected chi connectivity index (χ3v) is 10.0. The van der Waals surface area contributed by atoms with Crippen molar-refractivity contribution >= 4 is 22.8 Å². The molecule has 230 valence electrons. The van der Waals surface area contributed by atoms with Crippen molar-refractivity contribution in [3.8, 4) is 34.3 Å². The van der Waals surface area contributed by atoms with E-state index in [-0.39, 0.29) is 28.8 Å². The molecule has 7 heteroatoms. The maximum absolute atomic E-state index is 14.3. The summed E-state index contributed by atoms with van der Waals surface area (Å²) < 4.78 is 21.7. The van der Waals surface area contributed by atoms with Gasteiger partial charge in [-0.05, 0) is 70.8 Å². The van der Waals surface area contributed by atoms with Crippen molar-refractivity contribution in [2.45, 2.75) is 37.7 Å². The first kappa shape index (κ1) is 29.2. The van der Waals surface area contributed by atoms with Crippen LogP contribution in [0.4, 0.5) is 10.3 Å². The van der Waals surface area contributed by atoms with Gasteiger partial charge in [-0.15, -0.1) is 16.5 Å². The lowest BCUT2D eigenvalue weighted by Crippen LogP contribution is -2.35. The number of hydrogen-bond acceptors (Lipinski definition) is 5. The highest BCUT2D eigenvalue weighted by Gasteiger charge is 2.46. The van der Waals surface area contributed by atoms with Crippen LogP contribution in [0.1, 0.15) is 60.3 Å². The molecule has 6 nitrogen and oxygen atoms in total. The summed E-state index contributed by atoms with van der Waals surface area (Å²) in [6, 6.07) is 33.1. The van der Waals surface area contributed by atoms with E-state index in [0.717, 1.165) is 46.1 Å². The second-order valence-electron chi connectivity index (χ2n) is 12.1. The SMILES string of the molecule is [C-]#[N+]c1nc(C#N)nc(-c2ccc(C3(c4ccc(F)cc4)C=Cc4c5c(c6ccccc6c4O3)-c3ccccc3C5(CC)CC)cc2)n1. The Balaban J connectivity index is 1.36. The number of benzene rings is 5. The van der Waals surface area contributed by atoms with Crippen molar-refractivity contribution in [1.82, 2.24) is 15.0 Å². The Kier molecular flexibility index (Phi) is 6.68. The molecule has 1 aliphatic heterocycles. The molecule has 8 rings (SSSR count). The van der Waals surface area contributed by atoms with E-state index >= 15 is 0 Å². The zero-order valence-corrected chi connectivity index (χ0v) is 26.3. The van der Waals surface area contributed by atoms with Gasteiger partial charge in [-0.2, -0.15) is 10.2 Å². The van der Waals surface area contributed by atoms with Crippen LogP contribution in [0.15, 0.2) is 103 Å². The van der Waals surface area contributed by atoms with Crippen LogP contribution in [0.25, 0.3) is 44.2 Å². The molecule has 1 aromatic heterocycles. The van der Waals surface area contributed by atoms with E-state index < -0.39 is 5.60 Å². The van der Waals surface area contributed by atoms with Crippen molar-refractivity contribution in [3.05, 3.63) is 154 Å². The smallest absolute Gasteiger partial charge is 0.376 e. The van der Waals surface area contributed by atoms with Gasteiger partial charge >= 0.3 is 5.95 Å². The summed E-state index contributed by atoms with van der Waals surface area (Å²) in [5, 5.41) is 11.5. The van der Waals surface area contributed by atoms with Gasteiger partial charge in [0.2, 0.25) is 5.82 Å². The highest BCUT2D eigenvalue weighted by atomic mass is 19.1. The summed E-state index contributed by atoms with van der Waals surface area (Å²) in [6.07, 6.45) is 6.16. The van der Waals surface area contributed by atoms with E-state index in [1.807, 2.05) is 36.4 Å². The number of nitrogens with zero attached hydrogens (tertiary/aromatic N) is 5. The Labute approximate surface area is 277 Å². The second-order valence-corrected chi connectivity index (χ2v) is 12.1. The third kappa shape index (κ3) is 4.11. The number of hydrogen-bond donors (Lipinski definition) is 0. The summed E-state index contributed by atoms with van der Waals surface area (Å²) in [5.41, 5.74) is 7.17. The number of fused-ring (bicyclic) bond motifs is 8. The second kappa shape index (κ2) is 11.0. The van der Waals surface area contributed by atoms with Crippen LogP contribution in [0, 0.1) is 23.7 Å². The molecule has 0 saturated heterocycles. The average Bonchev–Trinajstić information content (AvgIpc) is 3.45. The van der Waals surface area contributed by atoms with E-state index in [1.54, 1.807) is 12.1 Å². The van der Waals surface area contributed by atoms with Gasteiger partial charge in [-0.25, -0.2) is 4.39 Å². The van der Waals surface area contributed by atoms with Gasteiger partial charge in [0.1, 0.15) is 11.6 Å². The molecule has 0 radical (unpaired) electrons. The third-order valence-electron chi connectivity index (χ3n) is 10.0. The summed E-state index contributed by atoms with van der Waals surface area (Å²) in [6.45, 7) is 11.9. The molecule has 6 aromatic rings.